The van der Waals surface area contributed by atoms with Gasteiger partial charge in [-0.2, -0.15) is 9.13 Å². The molecular formula is C38H40O8P2. The Kier molecular flexibility index (Phi) is 10.3. The number of benzene rings is 5. The van der Waals surface area contributed by atoms with Crippen molar-refractivity contribution in [3.05, 3.63) is 142 Å². The van der Waals surface area contributed by atoms with Gasteiger partial charge in [-0.1, -0.05) is 84.9 Å². The van der Waals surface area contributed by atoms with E-state index < -0.39 is 15.6 Å². The lowest BCUT2D eigenvalue weighted by molar-refractivity contribution is 0.277. The number of hydrogen-bond acceptors (Lipinski definition) is 8. The van der Waals surface area contributed by atoms with Gasteiger partial charge in [-0.3, -0.25) is 0 Å². The van der Waals surface area contributed by atoms with Gasteiger partial charge in [-0.15, -0.1) is 0 Å². The maximum Gasteiger partial charge on any atom is 0.647 e. The second kappa shape index (κ2) is 14.2. The van der Waals surface area contributed by atoms with Crippen LogP contribution in [-0.2, 0) is 9.13 Å². The van der Waals surface area contributed by atoms with Gasteiger partial charge in [0, 0.05) is 0 Å². The summed E-state index contributed by atoms with van der Waals surface area (Å²) in [7, 11) is -9.00. The first-order valence-corrected chi connectivity index (χ1v) is 18.4. The Bertz CT molecular complexity index is 1710. The molecule has 0 aromatic heterocycles. The van der Waals surface area contributed by atoms with Gasteiger partial charge < -0.3 is 27.1 Å². The molecule has 0 aliphatic carbocycles. The molecule has 250 valence electrons. The van der Waals surface area contributed by atoms with Gasteiger partial charge in [0.15, 0.2) is 11.5 Å². The molecule has 5 rings (SSSR count). The Morgan fingerprint density at radius 1 is 0.312 bits per heavy atom. The highest BCUT2D eigenvalue weighted by molar-refractivity contribution is 7.50. The zero-order valence-corrected chi connectivity index (χ0v) is 30.2. The van der Waals surface area contributed by atoms with Crippen molar-refractivity contribution >= 4 is 15.6 Å². The molecule has 0 atom stereocenters. The average Bonchev–Trinajstić information content (AvgIpc) is 3.02. The first-order chi connectivity index (χ1) is 22.8. The van der Waals surface area contributed by atoms with Gasteiger partial charge in [0.25, 0.3) is 0 Å². The molecule has 0 amide bonds. The first kappa shape index (κ1) is 34.7. The highest BCUT2D eigenvalue weighted by Gasteiger charge is 2.40. The quantitative estimate of drug-likeness (QED) is 0.120. The van der Waals surface area contributed by atoms with Crippen molar-refractivity contribution < 1.29 is 36.3 Å². The summed E-state index contributed by atoms with van der Waals surface area (Å²) in [5.74, 6) is 1.30. The summed E-state index contributed by atoms with van der Waals surface area (Å²) in [6, 6.07) is 28.6. The summed E-state index contributed by atoms with van der Waals surface area (Å²) < 4.78 is 66.4. The zero-order valence-electron chi connectivity index (χ0n) is 28.4. The number of para-hydroxylation sites is 6. The number of phosphoric ester groups is 2. The predicted octanol–water partition coefficient (Wildman–Crippen LogP) is 11.4. The van der Waals surface area contributed by atoms with Crippen LogP contribution in [-0.4, -0.2) is 0 Å². The largest absolute Gasteiger partial charge is 0.647 e. The van der Waals surface area contributed by atoms with Crippen LogP contribution in [0.25, 0.3) is 0 Å². The number of phosphoric acid groups is 2. The molecule has 5 aromatic rings. The SMILES string of the molecule is Cc1cccc(C)c1OP(=O)(Oc1ccccc1OP(=O)(Oc1c(C)cccc1C)Oc1c(C)cccc1C)Oc1c(C)cccc1C. The highest BCUT2D eigenvalue weighted by Crippen LogP contribution is 2.57. The van der Waals surface area contributed by atoms with Crippen molar-refractivity contribution in [3.8, 4) is 34.5 Å². The third-order valence-corrected chi connectivity index (χ3v) is 10.2. The van der Waals surface area contributed by atoms with Crippen LogP contribution in [0.4, 0.5) is 0 Å². The molecule has 0 unspecified atom stereocenters. The van der Waals surface area contributed by atoms with Gasteiger partial charge in [0.2, 0.25) is 0 Å². The van der Waals surface area contributed by atoms with Crippen LogP contribution in [0.5, 0.6) is 34.5 Å². The smallest absolute Gasteiger partial charge is 0.385 e. The third-order valence-electron chi connectivity index (χ3n) is 7.72. The van der Waals surface area contributed by atoms with Gasteiger partial charge in [-0.25, -0.2) is 0 Å². The van der Waals surface area contributed by atoms with E-state index in [1.54, 1.807) is 12.1 Å². The van der Waals surface area contributed by atoms with Crippen LogP contribution in [0.15, 0.2) is 97.1 Å². The summed E-state index contributed by atoms with van der Waals surface area (Å²) in [4.78, 5) is 0. The Hall–Kier alpha value is -4.64. The minimum atomic E-state index is -4.50. The maximum atomic E-state index is 14.8. The van der Waals surface area contributed by atoms with Crippen molar-refractivity contribution in [2.24, 2.45) is 0 Å². The molecule has 0 saturated carbocycles. The van der Waals surface area contributed by atoms with E-state index in [4.69, 9.17) is 27.1 Å². The lowest BCUT2D eigenvalue weighted by atomic mass is 10.1. The molecule has 10 heteroatoms. The van der Waals surface area contributed by atoms with Crippen LogP contribution in [0.1, 0.15) is 44.5 Å². The fraction of sp³-hybridized carbons (Fsp3) is 0.211. The van der Waals surface area contributed by atoms with Crippen LogP contribution in [0, 0.1) is 55.4 Å². The third kappa shape index (κ3) is 7.90. The molecule has 0 aliphatic rings. The molecule has 0 saturated heterocycles. The lowest BCUT2D eigenvalue weighted by Crippen LogP contribution is -2.12. The molecule has 48 heavy (non-hydrogen) atoms. The van der Waals surface area contributed by atoms with Crippen LogP contribution in [0.2, 0.25) is 0 Å². The molecule has 0 spiro atoms. The molecule has 0 aliphatic heterocycles. The average molecular weight is 687 g/mol. The van der Waals surface area contributed by atoms with E-state index in [1.807, 2.05) is 128 Å². The predicted molar refractivity (Wildman–Crippen MR) is 189 cm³/mol. The van der Waals surface area contributed by atoms with Crippen molar-refractivity contribution in [1.82, 2.24) is 0 Å². The molecule has 5 aromatic carbocycles. The molecule has 0 radical (unpaired) electrons. The molecule has 0 bridgehead atoms. The van der Waals surface area contributed by atoms with E-state index in [0.717, 1.165) is 44.5 Å². The Morgan fingerprint density at radius 2 is 0.521 bits per heavy atom. The van der Waals surface area contributed by atoms with Crippen LogP contribution < -0.4 is 27.1 Å². The molecule has 0 fully saturated rings. The number of hydrogen-bond donors (Lipinski definition) is 0. The number of rotatable bonds is 12. The molecule has 8 nitrogen and oxygen atoms in total. The Labute approximate surface area is 282 Å². The van der Waals surface area contributed by atoms with E-state index in [-0.39, 0.29) is 11.5 Å². The van der Waals surface area contributed by atoms with E-state index in [1.165, 1.54) is 12.1 Å². The fourth-order valence-electron chi connectivity index (χ4n) is 5.17. The summed E-state index contributed by atoms with van der Waals surface area (Å²) in [5.41, 5.74) is 5.90. The summed E-state index contributed by atoms with van der Waals surface area (Å²) >= 11 is 0. The highest BCUT2D eigenvalue weighted by atomic mass is 31.2. The minimum absolute atomic E-state index is 0.0613. The van der Waals surface area contributed by atoms with E-state index in [9.17, 15) is 9.13 Å². The topological polar surface area (TPSA) is 89.5 Å². The van der Waals surface area contributed by atoms with Crippen molar-refractivity contribution in [2.75, 3.05) is 0 Å². The van der Waals surface area contributed by atoms with Crippen molar-refractivity contribution in [3.63, 3.8) is 0 Å². The van der Waals surface area contributed by atoms with Crippen molar-refractivity contribution in [1.29, 1.82) is 0 Å². The maximum absolute atomic E-state index is 14.8. The van der Waals surface area contributed by atoms with Gasteiger partial charge >= 0.3 is 15.6 Å². The lowest BCUT2D eigenvalue weighted by Gasteiger charge is -2.25. The van der Waals surface area contributed by atoms with Gasteiger partial charge in [0.1, 0.15) is 23.0 Å². The van der Waals surface area contributed by atoms with Crippen LogP contribution in [0.3, 0.4) is 0 Å². The molecular weight excluding hydrogens is 646 g/mol. The standard InChI is InChI=1S/C38H40O8P2/c1-25-15-11-16-26(2)35(25)43-47(39,44-36-27(3)17-12-18-28(36)4)41-33-23-9-10-24-34(33)42-48(40,45-37-29(5)19-13-20-30(37)6)46-38-31(7)21-14-22-32(38)8/h9-24H,1-8H3. The van der Waals surface area contributed by atoms with E-state index in [2.05, 4.69) is 0 Å². The Balaban J connectivity index is 1.58. The van der Waals surface area contributed by atoms with Crippen molar-refractivity contribution in [2.45, 2.75) is 55.4 Å². The van der Waals surface area contributed by atoms with Gasteiger partial charge in [-0.05, 0) is 112 Å². The normalized spacial score (nSPS) is 11.5. The van der Waals surface area contributed by atoms with Gasteiger partial charge in [0.05, 0.1) is 0 Å². The van der Waals surface area contributed by atoms with Crippen LogP contribution >= 0.6 is 15.6 Å². The van der Waals surface area contributed by atoms with E-state index in [0.29, 0.717) is 23.0 Å². The Morgan fingerprint density at radius 3 is 0.729 bits per heavy atom. The summed E-state index contributed by atoms with van der Waals surface area (Å²) in [6.07, 6.45) is 0. The summed E-state index contributed by atoms with van der Waals surface area (Å²) in [6.45, 7) is 14.7. The first-order valence-electron chi connectivity index (χ1n) is 15.5. The minimum Gasteiger partial charge on any atom is -0.385 e. The monoisotopic (exact) mass is 686 g/mol. The number of aryl methyl sites for hydroxylation is 8. The van der Waals surface area contributed by atoms with E-state index >= 15 is 0 Å². The second-order valence-electron chi connectivity index (χ2n) is 11.8. The summed E-state index contributed by atoms with van der Waals surface area (Å²) in [5, 5.41) is 0. The molecule has 0 heterocycles. The fourth-order valence-corrected chi connectivity index (χ4v) is 8.23. The molecule has 0 N–H and O–H groups in total. The zero-order chi connectivity index (χ0) is 34.6. The second-order valence-corrected chi connectivity index (χ2v) is 14.7.